The van der Waals surface area contributed by atoms with E-state index in [-0.39, 0.29) is 30.3 Å². The molecule has 0 fully saturated rings. The molecule has 0 radical (unpaired) electrons. The molecule has 0 aliphatic rings. The van der Waals surface area contributed by atoms with Crippen LogP contribution in [-0.2, 0) is 28.7 Å². The standard InChI is InChI=1S/C7H12O3.C6H9ClO3/c1-3-6(8)5-7(9)10-4-2;1-2-10-6(9)3-5(8)4-7/h3-5H2,1-2H3;2-4H2,1H3. The van der Waals surface area contributed by atoms with Crippen LogP contribution in [-0.4, -0.2) is 42.6 Å². The lowest BCUT2D eigenvalue weighted by Gasteiger charge is -1.97. The first-order valence-electron chi connectivity index (χ1n) is 6.31. The van der Waals surface area contributed by atoms with Gasteiger partial charge < -0.3 is 9.47 Å². The smallest absolute Gasteiger partial charge is 0.313 e. The highest BCUT2D eigenvalue weighted by atomic mass is 35.5. The molecular weight excluding hydrogens is 288 g/mol. The summed E-state index contributed by atoms with van der Waals surface area (Å²) in [6.07, 6.45) is 0.112. The average Bonchev–Trinajstić information content (AvgIpc) is 2.39. The van der Waals surface area contributed by atoms with Crippen molar-refractivity contribution in [1.29, 1.82) is 0 Å². The molecule has 0 aromatic heterocycles. The van der Waals surface area contributed by atoms with Gasteiger partial charge in [0.25, 0.3) is 0 Å². The van der Waals surface area contributed by atoms with Crippen molar-refractivity contribution < 1.29 is 28.7 Å². The van der Waals surface area contributed by atoms with Crippen molar-refractivity contribution in [2.45, 2.75) is 40.0 Å². The van der Waals surface area contributed by atoms with E-state index >= 15 is 0 Å². The van der Waals surface area contributed by atoms with E-state index in [1.807, 2.05) is 0 Å². The largest absolute Gasteiger partial charge is 0.466 e. The molecule has 0 aliphatic heterocycles. The Labute approximate surface area is 123 Å². The third kappa shape index (κ3) is 14.6. The molecule has 0 unspecified atom stereocenters. The van der Waals surface area contributed by atoms with Gasteiger partial charge in [0, 0.05) is 6.42 Å². The van der Waals surface area contributed by atoms with E-state index < -0.39 is 11.9 Å². The topological polar surface area (TPSA) is 86.7 Å². The van der Waals surface area contributed by atoms with Gasteiger partial charge in [0.2, 0.25) is 0 Å². The van der Waals surface area contributed by atoms with Crippen molar-refractivity contribution in [1.82, 2.24) is 0 Å². The van der Waals surface area contributed by atoms with Crippen LogP contribution in [0.3, 0.4) is 0 Å². The van der Waals surface area contributed by atoms with Crippen LogP contribution < -0.4 is 0 Å². The number of ether oxygens (including phenoxy) is 2. The van der Waals surface area contributed by atoms with Crippen molar-refractivity contribution in [3.05, 3.63) is 0 Å². The van der Waals surface area contributed by atoms with Crippen LogP contribution in [0, 0.1) is 0 Å². The summed E-state index contributed by atoms with van der Waals surface area (Å²) in [5.41, 5.74) is 0. The van der Waals surface area contributed by atoms with Crippen molar-refractivity contribution >= 4 is 35.1 Å². The number of alkyl halides is 1. The maximum absolute atomic E-state index is 10.6. The molecule has 0 N–H and O–H groups in total. The Hall–Kier alpha value is -1.43. The number of Topliss-reactive ketones (excluding diaryl/α,β-unsaturated/α-hetero) is 2. The van der Waals surface area contributed by atoms with Gasteiger partial charge in [-0.15, -0.1) is 11.6 Å². The molecule has 7 heteroatoms. The SMILES string of the molecule is CCOC(=O)CC(=O)CC.CCOC(=O)CC(=O)CCl. The van der Waals surface area contributed by atoms with E-state index in [4.69, 9.17) is 11.6 Å². The molecule has 20 heavy (non-hydrogen) atoms. The fourth-order valence-corrected chi connectivity index (χ4v) is 1.01. The van der Waals surface area contributed by atoms with Crippen LogP contribution in [0.4, 0.5) is 0 Å². The summed E-state index contributed by atoms with van der Waals surface area (Å²) < 4.78 is 9.05. The van der Waals surface area contributed by atoms with Gasteiger partial charge in [0.15, 0.2) is 5.78 Å². The lowest BCUT2D eigenvalue weighted by Crippen LogP contribution is -2.11. The fourth-order valence-electron chi connectivity index (χ4n) is 0.918. The minimum atomic E-state index is -0.506. The lowest BCUT2D eigenvalue weighted by atomic mass is 10.2. The van der Waals surface area contributed by atoms with Crippen LogP contribution in [0.5, 0.6) is 0 Å². The normalized spacial score (nSPS) is 9.00. The fraction of sp³-hybridized carbons (Fsp3) is 0.692. The summed E-state index contributed by atoms with van der Waals surface area (Å²) in [5, 5.41) is 0. The Morgan fingerprint density at radius 1 is 0.800 bits per heavy atom. The number of hydrogen-bond donors (Lipinski definition) is 0. The molecule has 0 aliphatic carbocycles. The average molecular weight is 309 g/mol. The van der Waals surface area contributed by atoms with Gasteiger partial charge in [-0.05, 0) is 13.8 Å². The van der Waals surface area contributed by atoms with Crippen LogP contribution >= 0.6 is 11.6 Å². The Morgan fingerprint density at radius 3 is 1.50 bits per heavy atom. The molecule has 116 valence electrons. The van der Waals surface area contributed by atoms with Crippen molar-refractivity contribution in [2.24, 2.45) is 0 Å². The minimum Gasteiger partial charge on any atom is -0.466 e. The van der Waals surface area contributed by atoms with E-state index in [2.05, 4.69) is 9.47 Å². The number of ketones is 2. The number of carbonyl (C=O) groups excluding carboxylic acids is 4. The first kappa shape index (κ1) is 20.9. The van der Waals surface area contributed by atoms with Gasteiger partial charge in [0.05, 0.1) is 19.1 Å². The second kappa shape index (κ2) is 14.0. The second-order valence-corrected chi connectivity index (χ2v) is 3.80. The van der Waals surface area contributed by atoms with Crippen LogP contribution in [0.1, 0.15) is 40.0 Å². The second-order valence-electron chi connectivity index (χ2n) is 3.53. The Kier molecular flexibility index (Phi) is 14.6. The van der Waals surface area contributed by atoms with Crippen molar-refractivity contribution in [3.8, 4) is 0 Å². The third-order valence-corrected chi connectivity index (χ3v) is 2.14. The molecule has 0 aromatic carbocycles. The van der Waals surface area contributed by atoms with Gasteiger partial charge >= 0.3 is 11.9 Å². The maximum atomic E-state index is 10.6. The van der Waals surface area contributed by atoms with E-state index in [1.54, 1.807) is 20.8 Å². The molecule has 0 amide bonds. The Bertz CT molecular complexity index is 295. The van der Waals surface area contributed by atoms with Gasteiger partial charge in [-0.25, -0.2) is 0 Å². The first-order chi connectivity index (χ1) is 9.40. The van der Waals surface area contributed by atoms with Crippen molar-refractivity contribution in [3.63, 3.8) is 0 Å². The predicted octanol–water partition coefficient (Wildman–Crippen LogP) is 1.67. The zero-order valence-electron chi connectivity index (χ0n) is 12.1. The van der Waals surface area contributed by atoms with Crippen LogP contribution in [0.25, 0.3) is 0 Å². The number of carbonyl (C=O) groups is 4. The van der Waals surface area contributed by atoms with Gasteiger partial charge in [-0.3, -0.25) is 19.2 Å². The molecular formula is C13H21ClO6. The summed E-state index contributed by atoms with van der Waals surface area (Å²) in [7, 11) is 0. The highest BCUT2D eigenvalue weighted by Gasteiger charge is 2.07. The molecule has 0 aromatic rings. The number of esters is 2. The van der Waals surface area contributed by atoms with Gasteiger partial charge in [-0.2, -0.15) is 0 Å². The summed E-state index contributed by atoms with van der Waals surface area (Å²) in [4.78, 5) is 42.1. The molecule has 6 nitrogen and oxygen atoms in total. The molecule has 0 saturated heterocycles. The quantitative estimate of drug-likeness (QED) is 0.385. The summed E-state index contributed by atoms with van der Waals surface area (Å²) >= 11 is 5.14. The summed E-state index contributed by atoms with van der Waals surface area (Å²) in [5.74, 6) is -1.43. The molecule has 0 bridgehead atoms. The van der Waals surface area contributed by atoms with Crippen molar-refractivity contribution in [2.75, 3.05) is 19.1 Å². The van der Waals surface area contributed by atoms with E-state index in [0.717, 1.165) is 0 Å². The zero-order valence-corrected chi connectivity index (χ0v) is 12.8. The van der Waals surface area contributed by atoms with E-state index in [1.165, 1.54) is 0 Å². The molecule has 0 spiro atoms. The maximum Gasteiger partial charge on any atom is 0.313 e. The van der Waals surface area contributed by atoms with Crippen LogP contribution in [0.15, 0.2) is 0 Å². The third-order valence-electron chi connectivity index (χ3n) is 1.84. The predicted molar refractivity (Wildman–Crippen MR) is 73.5 cm³/mol. The lowest BCUT2D eigenvalue weighted by molar-refractivity contribution is -0.146. The monoisotopic (exact) mass is 308 g/mol. The summed E-state index contributed by atoms with van der Waals surface area (Å²) in [6.45, 7) is 5.77. The highest BCUT2D eigenvalue weighted by molar-refractivity contribution is 6.28. The van der Waals surface area contributed by atoms with Gasteiger partial charge in [-0.1, -0.05) is 6.92 Å². The van der Waals surface area contributed by atoms with E-state index in [9.17, 15) is 19.2 Å². The first-order valence-corrected chi connectivity index (χ1v) is 6.85. The highest BCUT2D eigenvalue weighted by Crippen LogP contribution is 1.91. The number of hydrogen-bond acceptors (Lipinski definition) is 6. The summed E-state index contributed by atoms with van der Waals surface area (Å²) in [6, 6.07) is 0. The minimum absolute atomic E-state index is 0.0709. The Morgan fingerprint density at radius 2 is 1.20 bits per heavy atom. The number of rotatable bonds is 8. The van der Waals surface area contributed by atoms with Crippen LogP contribution in [0.2, 0.25) is 0 Å². The Balaban J connectivity index is 0. The van der Waals surface area contributed by atoms with Gasteiger partial charge in [0.1, 0.15) is 18.6 Å². The molecule has 0 saturated carbocycles. The van der Waals surface area contributed by atoms with E-state index in [0.29, 0.717) is 19.6 Å². The molecule has 0 rings (SSSR count). The number of halogens is 1. The molecule has 0 atom stereocenters. The zero-order chi connectivity index (χ0) is 16.0. The molecule has 0 heterocycles.